The van der Waals surface area contributed by atoms with Gasteiger partial charge in [-0.25, -0.2) is 9.67 Å². The van der Waals surface area contributed by atoms with Crippen LogP contribution in [0, 0.1) is 0 Å². The number of carbonyl (C=O) groups excluding carboxylic acids is 1. The van der Waals surface area contributed by atoms with Crippen molar-refractivity contribution in [3.8, 4) is 0 Å². The van der Waals surface area contributed by atoms with Gasteiger partial charge in [0, 0.05) is 11.8 Å². The second kappa shape index (κ2) is 4.64. The molecule has 90 valence electrons. The van der Waals surface area contributed by atoms with Crippen LogP contribution in [0.25, 0.3) is 0 Å². The number of nitrogens with two attached hydrogens (primary N) is 1. The van der Waals surface area contributed by atoms with Gasteiger partial charge in [0.05, 0.1) is 12.2 Å². The molecule has 0 aliphatic rings. The van der Waals surface area contributed by atoms with E-state index < -0.39 is 0 Å². The Morgan fingerprint density at radius 2 is 2.53 bits per heavy atom. The predicted octanol–water partition coefficient (Wildman–Crippen LogP) is -0.539. The highest BCUT2D eigenvalue weighted by Gasteiger charge is 2.11. The number of hydrogen-bond acceptors (Lipinski definition) is 5. The number of nitrogens with one attached hydrogen (secondary N) is 2. The Hall–Kier alpha value is -2.38. The van der Waals surface area contributed by atoms with E-state index in [1.165, 1.54) is 11.0 Å². The minimum absolute atomic E-state index is 0.0897. The van der Waals surface area contributed by atoms with Gasteiger partial charge in [-0.2, -0.15) is 5.10 Å². The van der Waals surface area contributed by atoms with E-state index in [4.69, 9.17) is 5.73 Å². The third kappa shape index (κ3) is 2.80. The average Bonchev–Trinajstić information content (AvgIpc) is 2.89. The number of amides is 1. The van der Waals surface area contributed by atoms with E-state index >= 15 is 0 Å². The van der Waals surface area contributed by atoms with Crippen LogP contribution in [0.2, 0.25) is 0 Å². The molecule has 0 radical (unpaired) electrons. The first-order valence-corrected chi connectivity index (χ1v) is 5.08. The Balaban J connectivity index is 1.89. The van der Waals surface area contributed by atoms with Gasteiger partial charge in [0.1, 0.15) is 12.9 Å². The molecule has 8 nitrogen and oxygen atoms in total. The lowest BCUT2D eigenvalue weighted by Gasteiger charge is -2.11. The first-order chi connectivity index (χ1) is 8.15. The zero-order chi connectivity index (χ0) is 12.3. The lowest BCUT2D eigenvalue weighted by Crippen LogP contribution is -2.30. The van der Waals surface area contributed by atoms with Gasteiger partial charge in [-0.3, -0.25) is 9.89 Å². The lowest BCUT2D eigenvalue weighted by atomic mass is 10.2. The highest BCUT2D eigenvalue weighted by molar-refractivity contribution is 5.76. The number of carbonyl (C=O) groups is 1. The molecule has 2 aromatic rings. The largest absolute Gasteiger partial charge is 0.367 e. The quantitative estimate of drug-likeness (QED) is 0.658. The van der Waals surface area contributed by atoms with Gasteiger partial charge in [-0.15, -0.1) is 5.10 Å². The van der Waals surface area contributed by atoms with E-state index in [2.05, 4.69) is 25.6 Å². The summed E-state index contributed by atoms with van der Waals surface area (Å²) in [7, 11) is 0. The monoisotopic (exact) mass is 235 g/mol. The fourth-order valence-corrected chi connectivity index (χ4v) is 1.40. The molecule has 1 unspecified atom stereocenters. The Labute approximate surface area is 97.2 Å². The number of H-pyrrole nitrogens is 1. The summed E-state index contributed by atoms with van der Waals surface area (Å²) in [4.78, 5) is 15.4. The molecule has 0 fully saturated rings. The van der Waals surface area contributed by atoms with Gasteiger partial charge in [0.25, 0.3) is 0 Å². The van der Waals surface area contributed by atoms with E-state index in [0.717, 1.165) is 5.56 Å². The predicted molar refractivity (Wildman–Crippen MR) is 59.6 cm³/mol. The van der Waals surface area contributed by atoms with E-state index in [-0.39, 0.29) is 24.4 Å². The Morgan fingerprint density at radius 3 is 3.12 bits per heavy atom. The molecule has 0 aliphatic carbocycles. The third-order valence-corrected chi connectivity index (χ3v) is 2.26. The van der Waals surface area contributed by atoms with Crippen LogP contribution in [0.3, 0.4) is 0 Å². The SMILES string of the molecule is CC(NC(=O)Cn1cnc(N)n1)c1cn[nH]c1. The molecule has 4 N–H and O–H groups in total. The molecular formula is C9H13N7O. The van der Waals surface area contributed by atoms with Crippen molar-refractivity contribution < 1.29 is 4.79 Å². The van der Waals surface area contributed by atoms with Crippen molar-refractivity contribution in [3.05, 3.63) is 24.3 Å². The van der Waals surface area contributed by atoms with Crippen LogP contribution < -0.4 is 11.1 Å². The average molecular weight is 235 g/mol. The van der Waals surface area contributed by atoms with Crippen LogP contribution in [-0.2, 0) is 11.3 Å². The molecule has 2 aromatic heterocycles. The highest BCUT2D eigenvalue weighted by atomic mass is 16.2. The van der Waals surface area contributed by atoms with Gasteiger partial charge in [0.2, 0.25) is 11.9 Å². The summed E-state index contributed by atoms with van der Waals surface area (Å²) in [6, 6.07) is -0.109. The summed E-state index contributed by atoms with van der Waals surface area (Å²) in [5.41, 5.74) is 6.26. The molecule has 0 aromatic carbocycles. The van der Waals surface area contributed by atoms with E-state index in [0.29, 0.717) is 0 Å². The lowest BCUT2D eigenvalue weighted by molar-refractivity contribution is -0.122. The van der Waals surface area contributed by atoms with Crippen LogP contribution in [0.15, 0.2) is 18.7 Å². The molecule has 0 bridgehead atoms. The zero-order valence-corrected chi connectivity index (χ0v) is 9.29. The smallest absolute Gasteiger partial charge is 0.242 e. The molecule has 0 aliphatic heterocycles. The maximum absolute atomic E-state index is 11.7. The fourth-order valence-electron chi connectivity index (χ4n) is 1.40. The van der Waals surface area contributed by atoms with Crippen LogP contribution >= 0.6 is 0 Å². The van der Waals surface area contributed by atoms with Crippen molar-refractivity contribution in [1.29, 1.82) is 0 Å². The molecule has 8 heteroatoms. The second-order valence-electron chi connectivity index (χ2n) is 3.62. The molecule has 0 saturated carbocycles. The maximum atomic E-state index is 11.7. The van der Waals surface area contributed by atoms with Crippen molar-refractivity contribution in [1.82, 2.24) is 30.3 Å². The van der Waals surface area contributed by atoms with Gasteiger partial charge in [-0.05, 0) is 6.92 Å². The van der Waals surface area contributed by atoms with Crippen molar-refractivity contribution in [2.24, 2.45) is 0 Å². The van der Waals surface area contributed by atoms with Crippen molar-refractivity contribution in [2.45, 2.75) is 19.5 Å². The minimum atomic E-state index is -0.163. The molecule has 0 saturated heterocycles. The van der Waals surface area contributed by atoms with Crippen LogP contribution in [0.5, 0.6) is 0 Å². The van der Waals surface area contributed by atoms with Gasteiger partial charge in [-0.1, -0.05) is 0 Å². The molecular weight excluding hydrogens is 222 g/mol. The molecule has 17 heavy (non-hydrogen) atoms. The first kappa shape index (κ1) is 11.1. The summed E-state index contributed by atoms with van der Waals surface area (Å²) in [5, 5.41) is 13.1. The number of nitrogen functional groups attached to an aromatic ring is 1. The zero-order valence-electron chi connectivity index (χ0n) is 9.29. The molecule has 2 rings (SSSR count). The number of hydrogen-bond donors (Lipinski definition) is 3. The van der Waals surface area contributed by atoms with E-state index in [1.54, 1.807) is 12.4 Å². The highest BCUT2D eigenvalue weighted by Crippen LogP contribution is 2.08. The molecule has 1 atom stereocenters. The van der Waals surface area contributed by atoms with Gasteiger partial charge in [0.15, 0.2) is 0 Å². The van der Waals surface area contributed by atoms with Crippen LogP contribution in [0.4, 0.5) is 5.95 Å². The fraction of sp³-hybridized carbons (Fsp3) is 0.333. The normalized spacial score (nSPS) is 12.3. The molecule has 1 amide bonds. The second-order valence-corrected chi connectivity index (χ2v) is 3.62. The number of nitrogens with zero attached hydrogens (tertiary/aromatic N) is 4. The number of rotatable bonds is 4. The summed E-state index contributed by atoms with van der Waals surface area (Å²) in [5.74, 6) is -0.00992. The number of aromatic nitrogens is 5. The minimum Gasteiger partial charge on any atom is -0.367 e. The third-order valence-electron chi connectivity index (χ3n) is 2.26. The van der Waals surface area contributed by atoms with Gasteiger partial charge >= 0.3 is 0 Å². The molecule has 0 spiro atoms. The number of aromatic amines is 1. The van der Waals surface area contributed by atoms with Crippen molar-refractivity contribution in [3.63, 3.8) is 0 Å². The Bertz CT molecular complexity index is 489. The summed E-state index contributed by atoms with van der Waals surface area (Å²) >= 11 is 0. The summed E-state index contributed by atoms with van der Waals surface area (Å²) < 4.78 is 1.38. The van der Waals surface area contributed by atoms with Crippen LogP contribution in [-0.4, -0.2) is 30.9 Å². The Morgan fingerprint density at radius 1 is 1.71 bits per heavy atom. The Kier molecular flexibility index (Phi) is 3.03. The van der Waals surface area contributed by atoms with Crippen molar-refractivity contribution in [2.75, 3.05) is 5.73 Å². The summed E-state index contributed by atoms with van der Waals surface area (Å²) in [6.45, 7) is 1.96. The van der Waals surface area contributed by atoms with Gasteiger partial charge < -0.3 is 11.1 Å². The first-order valence-electron chi connectivity index (χ1n) is 5.08. The van der Waals surface area contributed by atoms with Crippen molar-refractivity contribution >= 4 is 11.9 Å². The van der Waals surface area contributed by atoms with E-state index in [1.807, 2.05) is 6.92 Å². The maximum Gasteiger partial charge on any atom is 0.242 e. The van der Waals surface area contributed by atoms with Crippen LogP contribution in [0.1, 0.15) is 18.5 Å². The topological polar surface area (TPSA) is 115 Å². The van der Waals surface area contributed by atoms with E-state index in [9.17, 15) is 4.79 Å². The standard InChI is InChI=1S/C9H13N7O/c1-6(7-2-12-13-3-7)14-8(17)4-16-5-11-9(10)15-16/h2-3,5-6H,4H2,1H3,(H2,10,15)(H,12,13)(H,14,17). The molecule has 2 heterocycles. The number of anilines is 1. The summed E-state index contributed by atoms with van der Waals surface area (Å²) in [6.07, 6.45) is 4.81.